The average Bonchev–Trinajstić information content (AvgIpc) is 2.49. The summed E-state index contributed by atoms with van der Waals surface area (Å²) in [5, 5.41) is 10.4. The molecule has 2 N–H and O–H groups in total. The number of anilines is 1. The highest BCUT2D eigenvalue weighted by atomic mass is 32.2. The molecule has 0 saturated heterocycles. The number of thioether (sulfide) groups is 1. The Bertz CT molecular complexity index is 689. The van der Waals surface area contributed by atoms with Gasteiger partial charge in [0.05, 0.1) is 5.69 Å². The first kappa shape index (κ1) is 16.3. The molecular weight excluding hydrogens is 292 g/mol. The van der Waals surface area contributed by atoms with Crippen LogP contribution in [0.5, 0.6) is 0 Å². The number of rotatable bonds is 5. The molecule has 2 rings (SSSR count). The Hall–Kier alpha value is -2.06. The third-order valence-electron chi connectivity index (χ3n) is 3.48. The van der Waals surface area contributed by atoms with Gasteiger partial charge in [-0.05, 0) is 18.9 Å². The molecule has 0 fully saturated rings. The molecule has 4 nitrogen and oxygen atoms in total. The second-order valence-electron chi connectivity index (χ2n) is 5.32. The highest BCUT2D eigenvalue weighted by Crippen LogP contribution is 2.25. The summed E-state index contributed by atoms with van der Waals surface area (Å²) in [5.41, 5.74) is 9.34. The van der Waals surface area contributed by atoms with Crippen LogP contribution < -0.4 is 5.73 Å². The molecule has 1 aromatic heterocycles. The molecular formula is C17H20N4S. The van der Waals surface area contributed by atoms with Crippen LogP contribution in [-0.2, 0) is 6.42 Å². The molecule has 2 aromatic rings. The summed E-state index contributed by atoms with van der Waals surface area (Å²) in [6.45, 7) is 6.30. The largest absolute Gasteiger partial charge is 0.382 e. The monoisotopic (exact) mass is 312 g/mol. The van der Waals surface area contributed by atoms with Crippen LogP contribution in [0.2, 0.25) is 0 Å². The summed E-state index contributed by atoms with van der Waals surface area (Å²) in [5.74, 6) is 0.269. The number of nitrogens with two attached hydrogens (primary N) is 1. The summed E-state index contributed by atoms with van der Waals surface area (Å²) in [4.78, 5) is 8.81. The van der Waals surface area contributed by atoms with Crippen LogP contribution in [0, 0.1) is 18.3 Å². The fourth-order valence-corrected chi connectivity index (χ4v) is 2.81. The maximum Gasteiger partial charge on any atom is 0.190 e. The third kappa shape index (κ3) is 3.99. The van der Waals surface area contributed by atoms with Gasteiger partial charge in [-0.15, -0.1) is 0 Å². The first-order valence-corrected chi connectivity index (χ1v) is 8.20. The maximum absolute atomic E-state index is 9.32. The third-order valence-corrected chi connectivity index (χ3v) is 4.61. The normalized spacial score (nSPS) is 11.9. The molecule has 114 valence electrons. The van der Waals surface area contributed by atoms with Crippen LogP contribution in [0.3, 0.4) is 0 Å². The van der Waals surface area contributed by atoms with E-state index in [0.717, 1.165) is 12.0 Å². The van der Waals surface area contributed by atoms with Gasteiger partial charge in [0.25, 0.3) is 0 Å². The zero-order valence-corrected chi connectivity index (χ0v) is 13.9. The van der Waals surface area contributed by atoms with Gasteiger partial charge in [-0.3, -0.25) is 0 Å². The summed E-state index contributed by atoms with van der Waals surface area (Å²) >= 11 is 1.59. The highest BCUT2D eigenvalue weighted by Gasteiger charge is 2.14. The SMILES string of the molecule is CC[C@@H](C)Sc1nc(N)c(C#N)c(Cc2ccc(C)cc2)n1. The molecule has 0 aliphatic heterocycles. The number of nitriles is 1. The molecule has 0 spiro atoms. The molecule has 0 amide bonds. The van der Waals surface area contributed by atoms with E-state index in [2.05, 4.69) is 54.2 Å². The molecule has 1 heterocycles. The fourth-order valence-electron chi connectivity index (χ4n) is 1.97. The lowest BCUT2D eigenvalue weighted by Gasteiger charge is -2.11. The van der Waals surface area contributed by atoms with Crippen LogP contribution in [-0.4, -0.2) is 15.2 Å². The van der Waals surface area contributed by atoms with E-state index in [1.807, 2.05) is 6.92 Å². The van der Waals surface area contributed by atoms with E-state index in [4.69, 9.17) is 5.73 Å². The number of nitrogen functional groups attached to an aromatic ring is 1. The number of hydrogen-bond donors (Lipinski definition) is 1. The second kappa shape index (κ2) is 7.28. The van der Waals surface area contributed by atoms with Crippen molar-refractivity contribution in [3.05, 3.63) is 46.6 Å². The molecule has 22 heavy (non-hydrogen) atoms. The first-order chi connectivity index (χ1) is 10.5. The molecule has 0 saturated carbocycles. The van der Waals surface area contributed by atoms with Crippen LogP contribution in [0.1, 0.15) is 42.7 Å². The van der Waals surface area contributed by atoms with Gasteiger partial charge in [-0.25, -0.2) is 9.97 Å². The van der Waals surface area contributed by atoms with Crippen molar-refractivity contribution in [2.24, 2.45) is 0 Å². The molecule has 1 atom stereocenters. The molecule has 0 aliphatic rings. The minimum Gasteiger partial charge on any atom is -0.382 e. The molecule has 0 radical (unpaired) electrons. The molecule has 5 heteroatoms. The lowest BCUT2D eigenvalue weighted by atomic mass is 10.0. The predicted octanol–water partition coefficient (Wildman–Crippen LogP) is 3.72. The van der Waals surface area contributed by atoms with Gasteiger partial charge in [-0.1, -0.05) is 55.4 Å². The lowest BCUT2D eigenvalue weighted by Crippen LogP contribution is -2.07. The van der Waals surface area contributed by atoms with Crippen LogP contribution in [0.15, 0.2) is 29.4 Å². The lowest BCUT2D eigenvalue weighted by molar-refractivity contribution is 0.867. The van der Waals surface area contributed by atoms with E-state index in [0.29, 0.717) is 28.1 Å². The van der Waals surface area contributed by atoms with Crippen LogP contribution in [0.4, 0.5) is 5.82 Å². The second-order valence-corrected chi connectivity index (χ2v) is 6.73. The first-order valence-electron chi connectivity index (χ1n) is 7.32. The van der Waals surface area contributed by atoms with Crippen molar-refractivity contribution in [1.29, 1.82) is 5.26 Å². The quantitative estimate of drug-likeness (QED) is 0.672. The Balaban J connectivity index is 2.35. The van der Waals surface area contributed by atoms with Gasteiger partial charge in [-0.2, -0.15) is 5.26 Å². The van der Waals surface area contributed by atoms with Crippen molar-refractivity contribution in [2.75, 3.05) is 5.73 Å². The maximum atomic E-state index is 9.32. The number of hydrogen-bond acceptors (Lipinski definition) is 5. The molecule has 0 unspecified atom stereocenters. The van der Waals surface area contributed by atoms with Gasteiger partial charge in [0.1, 0.15) is 17.5 Å². The zero-order valence-electron chi connectivity index (χ0n) is 13.1. The van der Waals surface area contributed by atoms with Gasteiger partial charge in [0.2, 0.25) is 0 Å². The van der Waals surface area contributed by atoms with Gasteiger partial charge >= 0.3 is 0 Å². The summed E-state index contributed by atoms with van der Waals surface area (Å²) in [7, 11) is 0. The topological polar surface area (TPSA) is 75.6 Å². The minimum absolute atomic E-state index is 0.269. The summed E-state index contributed by atoms with van der Waals surface area (Å²) in [6, 6.07) is 10.3. The molecule has 0 aliphatic carbocycles. The van der Waals surface area contributed by atoms with Crippen LogP contribution in [0.25, 0.3) is 0 Å². The van der Waals surface area contributed by atoms with Crippen LogP contribution >= 0.6 is 11.8 Å². The zero-order chi connectivity index (χ0) is 16.1. The van der Waals surface area contributed by atoms with Gasteiger partial charge in [0, 0.05) is 11.7 Å². The smallest absolute Gasteiger partial charge is 0.190 e. The average molecular weight is 312 g/mol. The standard InChI is InChI=1S/C17H20N4S/c1-4-12(3)22-17-20-15(14(10-18)16(19)21-17)9-13-7-5-11(2)6-8-13/h5-8,12H,4,9H2,1-3H3,(H2,19,20,21)/t12-/m1/s1. The minimum atomic E-state index is 0.269. The Kier molecular flexibility index (Phi) is 5.40. The molecule has 0 bridgehead atoms. The van der Waals surface area contributed by atoms with E-state index in [-0.39, 0.29) is 5.82 Å². The van der Waals surface area contributed by atoms with Crippen molar-refractivity contribution >= 4 is 17.6 Å². The van der Waals surface area contributed by atoms with Gasteiger partial charge in [0.15, 0.2) is 5.16 Å². The Labute approximate surface area is 135 Å². The number of aromatic nitrogens is 2. The highest BCUT2D eigenvalue weighted by molar-refractivity contribution is 7.99. The Morgan fingerprint density at radius 1 is 1.27 bits per heavy atom. The van der Waals surface area contributed by atoms with Gasteiger partial charge < -0.3 is 5.73 Å². The van der Waals surface area contributed by atoms with E-state index >= 15 is 0 Å². The van der Waals surface area contributed by atoms with E-state index in [1.165, 1.54) is 5.56 Å². The van der Waals surface area contributed by atoms with Crippen molar-refractivity contribution in [1.82, 2.24) is 9.97 Å². The summed E-state index contributed by atoms with van der Waals surface area (Å²) in [6.07, 6.45) is 1.62. The summed E-state index contributed by atoms with van der Waals surface area (Å²) < 4.78 is 0. The predicted molar refractivity (Wildman–Crippen MR) is 90.8 cm³/mol. The number of benzene rings is 1. The van der Waals surface area contributed by atoms with E-state index in [1.54, 1.807) is 11.8 Å². The van der Waals surface area contributed by atoms with E-state index in [9.17, 15) is 5.26 Å². The van der Waals surface area contributed by atoms with Crippen molar-refractivity contribution < 1.29 is 0 Å². The Morgan fingerprint density at radius 2 is 1.95 bits per heavy atom. The fraction of sp³-hybridized carbons (Fsp3) is 0.353. The number of nitrogens with zero attached hydrogens (tertiary/aromatic N) is 3. The van der Waals surface area contributed by atoms with Crippen molar-refractivity contribution in [3.63, 3.8) is 0 Å². The Morgan fingerprint density at radius 3 is 2.55 bits per heavy atom. The van der Waals surface area contributed by atoms with E-state index < -0.39 is 0 Å². The number of aryl methyl sites for hydroxylation is 1. The van der Waals surface area contributed by atoms with Crippen molar-refractivity contribution in [2.45, 2.75) is 44.0 Å². The molecule has 1 aromatic carbocycles. The van der Waals surface area contributed by atoms with Crippen molar-refractivity contribution in [3.8, 4) is 6.07 Å².